The molecule has 0 aliphatic rings. The van der Waals surface area contributed by atoms with E-state index in [1.807, 2.05) is 0 Å². The molecule has 0 bridgehead atoms. The molecule has 0 aromatic heterocycles. The summed E-state index contributed by atoms with van der Waals surface area (Å²) in [4.78, 5) is 22.8. The normalized spacial score (nSPS) is 12.0. The van der Waals surface area contributed by atoms with E-state index < -0.39 is 0 Å². The Morgan fingerprint density at radius 3 is 2.00 bits per heavy atom. The maximum absolute atomic E-state index is 11.2. The first-order valence-electron chi connectivity index (χ1n) is 3.35. The number of allylic oxidation sites excluding steroid dienone is 1. The Hall–Kier alpha value is -1.12. The summed E-state index contributed by atoms with van der Waals surface area (Å²) in [5.74, 6) is -0.116. The van der Waals surface area contributed by atoms with Crippen molar-refractivity contribution >= 4 is 12.2 Å². The molecule has 0 atom stereocenters. The third-order valence-electron chi connectivity index (χ3n) is 1.50. The molecule has 0 heterocycles. The van der Waals surface area contributed by atoms with Crippen molar-refractivity contribution in [1.82, 2.24) is 4.90 Å². The fourth-order valence-corrected chi connectivity index (χ4v) is 0.592. The van der Waals surface area contributed by atoms with E-state index in [1.165, 1.54) is 4.90 Å². The van der Waals surface area contributed by atoms with Gasteiger partial charge in [0.05, 0.1) is 0 Å². The standard InChI is InChI=1S/C8H13NO2/c1-6(5-10)7(2)8(11)9(3)4/h5H,1-4H3/b7-6-. The first-order valence-corrected chi connectivity index (χ1v) is 3.35. The van der Waals surface area contributed by atoms with Crippen LogP contribution in [0.15, 0.2) is 11.1 Å². The number of hydrogen-bond donors (Lipinski definition) is 0. The van der Waals surface area contributed by atoms with Crippen LogP contribution in [0.1, 0.15) is 13.8 Å². The van der Waals surface area contributed by atoms with Crippen molar-refractivity contribution in [3.05, 3.63) is 11.1 Å². The molecule has 0 fully saturated rings. The summed E-state index contributed by atoms with van der Waals surface area (Å²) in [5, 5.41) is 0. The van der Waals surface area contributed by atoms with Crippen LogP contribution in [0.4, 0.5) is 0 Å². The van der Waals surface area contributed by atoms with Crippen LogP contribution in [-0.2, 0) is 9.59 Å². The predicted molar refractivity (Wildman–Crippen MR) is 43.1 cm³/mol. The summed E-state index contributed by atoms with van der Waals surface area (Å²) in [5.41, 5.74) is 0.994. The molecule has 0 aromatic carbocycles. The van der Waals surface area contributed by atoms with Gasteiger partial charge in [-0.1, -0.05) is 0 Å². The molecule has 0 radical (unpaired) electrons. The molecule has 0 N–H and O–H groups in total. The van der Waals surface area contributed by atoms with Crippen molar-refractivity contribution < 1.29 is 9.59 Å². The van der Waals surface area contributed by atoms with Crippen molar-refractivity contribution in [3.63, 3.8) is 0 Å². The van der Waals surface area contributed by atoms with Crippen molar-refractivity contribution in [3.8, 4) is 0 Å². The molecule has 0 aliphatic carbocycles. The van der Waals surface area contributed by atoms with Gasteiger partial charge in [-0.05, 0) is 19.4 Å². The van der Waals surface area contributed by atoms with Gasteiger partial charge in [0.15, 0.2) is 0 Å². The number of nitrogens with zero attached hydrogens (tertiary/aromatic N) is 1. The van der Waals surface area contributed by atoms with Gasteiger partial charge in [0.1, 0.15) is 6.29 Å². The lowest BCUT2D eigenvalue weighted by molar-refractivity contribution is -0.125. The number of amides is 1. The Morgan fingerprint density at radius 2 is 1.73 bits per heavy atom. The lowest BCUT2D eigenvalue weighted by atomic mass is 10.1. The summed E-state index contributed by atoms with van der Waals surface area (Å²) < 4.78 is 0. The van der Waals surface area contributed by atoms with Gasteiger partial charge >= 0.3 is 0 Å². The fourth-order valence-electron chi connectivity index (χ4n) is 0.592. The van der Waals surface area contributed by atoms with E-state index in [2.05, 4.69) is 0 Å². The van der Waals surface area contributed by atoms with Crippen LogP contribution in [0.5, 0.6) is 0 Å². The van der Waals surface area contributed by atoms with E-state index in [-0.39, 0.29) is 5.91 Å². The van der Waals surface area contributed by atoms with E-state index in [4.69, 9.17) is 0 Å². The molecule has 0 spiro atoms. The largest absolute Gasteiger partial charge is 0.345 e. The van der Waals surface area contributed by atoms with Crippen LogP contribution in [-0.4, -0.2) is 31.2 Å². The average molecular weight is 155 g/mol. The van der Waals surface area contributed by atoms with Gasteiger partial charge in [0.25, 0.3) is 0 Å². The first-order chi connectivity index (χ1) is 5.00. The number of likely N-dealkylation sites (N-methyl/N-ethyl adjacent to an activating group) is 1. The Kier molecular flexibility index (Phi) is 3.51. The molecule has 62 valence electrons. The fraction of sp³-hybridized carbons (Fsp3) is 0.500. The highest BCUT2D eigenvalue weighted by molar-refractivity contribution is 5.97. The molecule has 3 heteroatoms. The molecule has 0 unspecified atom stereocenters. The molecule has 11 heavy (non-hydrogen) atoms. The van der Waals surface area contributed by atoms with Crippen LogP contribution in [0.2, 0.25) is 0 Å². The monoisotopic (exact) mass is 155 g/mol. The number of aldehydes is 1. The van der Waals surface area contributed by atoms with Crippen LogP contribution < -0.4 is 0 Å². The molecule has 0 aromatic rings. The topological polar surface area (TPSA) is 37.4 Å². The minimum absolute atomic E-state index is 0.116. The average Bonchev–Trinajstić information content (AvgIpc) is 2.00. The number of hydrogen-bond acceptors (Lipinski definition) is 2. The zero-order valence-corrected chi connectivity index (χ0v) is 7.34. The third kappa shape index (κ3) is 2.53. The molecular formula is C8H13NO2. The van der Waals surface area contributed by atoms with Crippen LogP contribution in [0.25, 0.3) is 0 Å². The number of carbonyl (C=O) groups excluding carboxylic acids is 2. The molecule has 0 aliphatic heterocycles. The van der Waals surface area contributed by atoms with Crippen LogP contribution in [0, 0.1) is 0 Å². The summed E-state index contributed by atoms with van der Waals surface area (Å²) in [6.07, 6.45) is 0.691. The van der Waals surface area contributed by atoms with Crippen LogP contribution in [0.3, 0.4) is 0 Å². The lowest BCUT2D eigenvalue weighted by Gasteiger charge is -2.10. The van der Waals surface area contributed by atoms with Gasteiger partial charge in [0, 0.05) is 19.7 Å². The minimum atomic E-state index is -0.116. The van der Waals surface area contributed by atoms with Crippen LogP contribution >= 0.6 is 0 Å². The van der Waals surface area contributed by atoms with Gasteiger partial charge in [-0.15, -0.1) is 0 Å². The second-order valence-corrected chi connectivity index (χ2v) is 2.63. The van der Waals surface area contributed by atoms with Crippen molar-refractivity contribution in [2.75, 3.05) is 14.1 Å². The smallest absolute Gasteiger partial charge is 0.249 e. The zero-order chi connectivity index (χ0) is 9.02. The quantitative estimate of drug-likeness (QED) is 0.433. The second kappa shape index (κ2) is 3.91. The summed E-state index contributed by atoms with van der Waals surface area (Å²) in [6.45, 7) is 3.27. The van der Waals surface area contributed by atoms with E-state index in [9.17, 15) is 9.59 Å². The Morgan fingerprint density at radius 1 is 1.27 bits per heavy atom. The Bertz CT molecular complexity index is 204. The maximum atomic E-state index is 11.2. The molecule has 0 rings (SSSR count). The third-order valence-corrected chi connectivity index (χ3v) is 1.50. The highest BCUT2D eigenvalue weighted by Gasteiger charge is 2.08. The van der Waals surface area contributed by atoms with E-state index in [0.717, 1.165) is 0 Å². The predicted octanol–water partition coefficient (Wildman–Crippen LogP) is 0.610. The van der Waals surface area contributed by atoms with E-state index in [0.29, 0.717) is 17.4 Å². The first kappa shape index (κ1) is 9.88. The molecular weight excluding hydrogens is 142 g/mol. The maximum Gasteiger partial charge on any atom is 0.249 e. The number of carbonyl (C=O) groups is 2. The van der Waals surface area contributed by atoms with Gasteiger partial charge in [-0.2, -0.15) is 0 Å². The summed E-state index contributed by atoms with van der Waals surface area (Å²) >= 11 is 0. The SMILES string of the molecule is C/C(C=O)=C(\C)C(=O)N(C)C. The van der Waals surface area contributed by atoms with Gasteiger partial charge in [-0.25, -0.2) is 0 Å². The van der Waals surface area contributed by atoms with E-state index >= 15 is 0 Å². The Balaban J connectivity index is 4.60. The number of rotatable bonds is 2. The molecule has 0 saturated heterocycles. The lowest BCUT2D eigenvalue weighted by Crippen LogP contribution is -2.23. The van der Waals surface area contributed by atoms with Crippen molar-refractivity contribution in [2.45, 2.75) is 13.8 Å². The van der Waals surface area contributed by atoms with E-state index in [1.54, 1.807) is 27.9 Å². The highest BCUT2D eigenvalue weighted by atomic mass is 16.2. The zero-order valence-electron chi connectivity index (χ0n) is 7.34. The molecule has 1 amide bonds. The van der Waals surface area contributed by atoms with Gasteiger partial charge in [0.2, 0.25) is 5.91 Å². The molecule has 3 nitrogen and oxygen atoms in total. The van der Waals surface area contributed by atoms with Gasteiger partial charge in [-0.3, -0.25) is 9.59 Å². The second-order valence-electron chi connectivity index (χ2n) is 2.63. The Labute approximate surface area is 66.7 Å². The minimum Gasteiger partial charge on any atom is -0.345 e. The van der Waals surface area contributed by atoms with Gasteiger partial charge < -0.3 is 4.90 Å². The molecule has 0 saturated carbocycles. The summed E-state index contributed by atoms with van der Waals surface area (Å²) in [6, 6.07) is 0. The van der Waals surface area contributed by atoms with Crippen molar-refractivity contribution in [2.24, 2.45) is 0 Å². The summed E-state index contributed by atoms with van der Waals surface area (Å²) in [7, 11) is 3.31. The highest BCUT2D eigenvalue weighted by Crippen LogP contribution is 2.02. The van der Waals surface area contributed by atoms with Crippen molar-refractivity contribution in [1.29, 1.82) is 0 Å².